The van der Waals surface area contributed by atoms with Crippen LogP contribution < -0.4 is 0 Å². The topological polar surface area (TPSA) is 46.1 Å². The largest absolute Gasteiger partial charge is 0.334 e. The SMILES string of the molecule is CC(C)CN(C(=O)c1nnc(Cl)s1)C(C)C. The van der Waals surface area contributed by atoms with E-state index in [1.165, 1.54) is 0 Å². The van der Waals surface area contributed by atoms with Crippen molar-refractivity contribution in [2.75, 3.05) is 6.54 Å². The average Bonchev–Trinajstić information content (AvgIpc) is 2.59. The molecule has 0 N–H and O–H groups in total. The fraction of sp³-hybridized carbons (Fsp3) is 0.700. The van der Waals surface area contributed by atoms with Gasteiger partial charge in [0.25, 0.3) is 5.91 Å². The predicted octanol–water partition coefficient (Wildman–Crippen LogP) is 2.70. The average molecular weight is 262 g/mol. The van der Waals surface area contributed by atoms with E-state index < -0.39 is 0 Å². The minimum atomic E-state index is -0.0897. The number of carbonyl (C=O) groups is 1. The highest BCUT2D eigenvalue weighted by molar-refractivity contribution is 7.17. The van der Waals surface area contributed by atoms with Crippen LogP contribution in [0.1, 0.15) is 37.5 Å². The summed E-state index contributed by atoms with van der Waals surface area (Å²) in [4.78, 5) is 13.9. The van der Waals surface area contributed by atoms with Gasteiger partial charge < -0.3 is 4.90 Å². The van der Waals surface area contributed by atoms with E-state index in [1.807, 2.05) is 13.8 Å². The summed E-state index contributed by atoms with van der Waals surface area (Å²) in [6, 6.07) is 0.151. The Bertz CT molecular complexity index is 365. The molecule has 0 saturated heterocycles. The highest BCUT2D eigenvalue weighted by Crippen LogP contribution is 2.18. The van der Waals surface area contributed by atoms with E-state index in [1.54, 1.807) is 4.90 Å². The Morgan fingerprint density at radius 1 is 1.38 bits per heavy atom. The Kier molecular flexibility index (Phi) is 4.68. The molecule has 0 saturated carbocycles. The molecule has 0 spiro atoms. The van der Waals surface area contributed by atoms with Crippen LogP contribution in [0, 0.1) is 5.92 Å². The molecule has 1 rings (SSSR count). The molecule has 0 aliphatic carbocycles. The zero-order valence-corrected chi connectivity index (χ0v) is 11.5. The summed E-state index contributed by atoms with van der Waals surface area (Å²) in [6.07, 6.45) is 0. The van der Waals surface area contributed by atoms with E-state index in [0.717, 1.165) is 11.3 Å². The van der Waals surface area contributed by atoms with Gasteiger partial charge in [-0.25, -0.2) is 0 Å². The predicted molar refractivity (Wildman–Crippen MR) is 65.9 cm³/mol. The first-order valence-corrected chi connectivity index (χ1v) is 6.41. The third-order valence-electron chi connectivity index (χ3n) is 2.03. The van der Waals surface area contributed by atoms with Crippen molar-refractivity contribution < 1.29 is 4.79 Å². The maximum Gasteiger partial charge on any atom is 0.285 e. The van der Waals surface area contributed by atoms with Gasteiger partial charge in [-0.1, -0.05) is 25.2 Å². The Hall–Kier alpha value is -0.680. The van der Waals surface area contributed by atoms with Gasteiger partial charge in [0, 0.05) is 12.6 Å². The molecule has 6 heteroatoms. The summed E-state index contributed by atoms with van der Waals surface area (Å²) < 4.78 is 0.302. The second-order valence-corrected chi connectivity index (χ2v) is 5.86. The first kappa shape index (κ1) is 13.4. The molecule has 90 valence electrons. The van der Waals surface area contributed by atoms with Crippen LogP contribution in [0.2, 0.25) is 4.47 Å². The number of aromatic nitrogens is 2. The molecule has 1 amide bonds. The van der Waals surface area contributed by atoms with Crippen molar-refractivity contribution in [1.82, 2.24) is 15.1 Å². The van der Waals surface area contributed by atoms with Gasteiger partial charge in [-0.05, 0) is 31.4 Å². The van der Waals surface area contributed by atoms with Gasteiger partial charge in [-0.15, -0.1) is 10.2 Å². The van der Waals surface area contributed by atoms with Crippen molar-refractivity contribution in [2.45, 2.75) is 33.7 Å². The number of rotatable bonds is 4. The fourth-order valence-electron chi connectivity index (χ4n) is 1.34. The summed E-state index contributed by atoms with van der Waals surface area (Å²) in [7, 11) is 0. The van der Waals surface area contributed by atoms with Crippen LogP contribution in [0.5, 0.6) is 0 Å². The lowest BCUT2D eigenvalue weighted by atomic mass is 10.2. The molecule has 0 bridgehead atoms. The lowest BCUT2D eigenvalue weighted by Crippen LogP contribution is -2.39. The highest BCUT2D eigenvalue weighted by Gasteiger charge is 2.22. The molecule has 0 fully saturated rings. The number of halogens is 1. The number of hydrogen-bond acceptors (Lipinski definition) is 4. The summed E-state index contributed by atoms with van der Waals surface area (Å²) in [5, 5.41) is 7.78. The van der Waals surface area contributed by atoms with Crippen molar-refractivity contribution in [3.8, 4) is 0 Å². The molecule has 16 heavy (non-hydrogen) atoms. The van der Waals surface area contributed by atoms with Gasteiger partial charge in [-0.2, -0.15) is 0 Å². The van der Waals surface area contributed by atoms with E-state index in [4.69, 9.17) is 11.6 Å². The van der Waals surface area contributed by atoms with Crippen LogP contribution in [0.25, 0.3) is 0 Å². The van der Waals surface area contributed by atoms with Crippen molar-refractivity contribution in [1.29, 1.82) is 0 Å². The van der Waals surface area contributed by atoms with Gasteiger partial charge in [-0.3, -0.25) is 4.79 Å². The van der Waals surface area contributed by atoms with Crippen LogP contribution in [0.4, 0.5) is 0 Å². The van der Waals surface area contributed by atoms with Crippen molar-refractivity contribution >= 4 is 28.8 Å². The second kappa shape index (κ2) is 5.59. The molecule has 0 aliphatic rings. The molecule has 1 heterocycles. The van der Waals surface area contributed by atoms with Gasteiger partial charge >= 0.3 is 0 Å². The number of nitrogens with zero attached hydrogens (tertiary/aromatic N) is 3. The molecular formula is C10H16ClN3OS. The zero-order chi connectivity index (χ0) is 12.3. The maximum atomic E-state index is 12.1. The lowest BCUT2D eigenvalue weighted by Gasteiger charge is -2.27. The van der Waals surface area contributed by atoms with Gasteiger partial charge in [0.1, 0.15) is 0 Å². The van der Waals surface area contributed by atoms with Crippen LogP contribution in [0.15, 0.2) is 0 Å². The molecule has 1 aromatic rings. The number of hydrogen-bond donors (Lipinski definition) is 0. The van der Waals surface area contributed by atoms with Crippen LogP contribution in [-0.2, 0) is 0 Å². The smallest absolute Gasteiger partial charge is 0.285 e. The molecule has 1 aromatic heterocycles. The standard InChI is InChI=1S/C10H16ClN3OS/c1-6(2)5-14(7(3)4)9(15)8-12-13-10(11)16-8/h6-7H,5H2,1-4H3. The summed E-state index contributed by atoms with van der Waals surface area (Å²) in [6.45, 7) is 8.85. The van der Waals surface area contributed by atoms with E-state index in [-0.39, 0.29) is 11.9 Å². The first-order chi connectivity index (χ1) is 7.41. The molecular weight excluding hydrogens is 246 g/mol. The summed E-state index contributed by atoms with van der Waals surface area (Å²) >= 11 is 6.79. The Morgan fingerprint density at radius 3 is 2.38 bits per heavy atom. The second-order valence-electron chi connectivity index (χ2n) is 4.31. The minimum absolute atomic E-state index is 0.0897. The van der Waals surface area contributed by atoms with Crippen molar-refractivity contribution in [2.24, 2.45) is 5.92 Å². The molecule has 0 aliphatic heterocycles. The normalized spacial score (nSPS) is 11.2. The monoisotopic (exact) mass is 261 g/mol. The van der Waals surface area contributed by atoms with E-state index in [2.05, 4.69) is 24.0 Å². The van der Waals surface area contributed by atoms with Gasteiger partial charge in [0.05, 0.1) is 0 Å². The van der Waals surface area contributed by atoms with Gasteiger partial charge in [0.15, 0.2) is 0 Å². The Labute approximate surface area is 105 Å². The van der Waals surface area contributed by atoms with E-state index in [0.29, 0.717) is 21.9 Å². The molecule has 0 unspecified atom stereocenters. The number of carbonyl (C=O) groups excluding carboxylic acids is 1. The fourth-order valence-corrected chi connectivity index (χ4v) is 2.12. The molecule has 4 nitrogen and oxygen atoms in total. The highest BCUT2D eigenvalue weighted by atomic mass is 35.5. The third-order valence-corrected chi connectivity index (χ3v) is 3.04. The Balaban J connectivity index is 2.83. The summed E-state index contributed by atoms with van der Waals surface area (Å²) in [5.41, 5.74) is 0. The van der Waals surface area contributed by atoms with Crippen LogP contribution in [-0.4, -0.2) is 33.6 Å². The minimum Gasteiger partial charge on any atom is -0.334 e. The quantitative estimate of drug-likeness (QED) is 0.837. The molecule has 0 atom stereocenters. The van der Waals surface area contributed by atoms with Gasteiger partial charge in [0.2, 0.25) is 9.47 Å². The molecule has 0 radical (unpaired) electrons. The number of amides is 1. The first-order valence-electron chi connectivity index (χ1n) is 5.21. The van der Waals surface area contributed by atoms with Crippen molar-refractivity contribution in [3.05, 3.63) is 9.47 Å². The maximum absolute atomic E-state index is 12.1. The zero-order valence-electron chi connectivity index (χ0n) is 9.90. The summed E-state index contributed by atoms with van der Waals surface area (Å²) in [5.74, 6) is 0.336. The van der Waals surface area contributed by atoms with Crippen molar-refractivity contribution in [3.63, 3.8) is 0 Å². The van der Waals surface area contributed by atoms with Crippen LogP contribution >= 0.6 is 22.9 Å². The van der Waals surface area contributed by atoms with Crippen LogP contribution in [0.3, 0.4) is 0 Å². The Morgan fingerprint density at radius 2 is 2.00 bits per heavy atom. The van der Waals surface area contributed by atoms with E-state index in [9.17, 15) is 4.79 Å². The van der Waals surface area contributed by atoms with E-state index >= 15 is 0 Å². The lowest BCUT2D eigenvalue weighted by molar-refractivity contribution is 0.0680. The third kappa shape index (κ3) is 3.42. The molecule has 0 aromatic carbocycles.